The summed E-state index contributed by atoms with van der Waals surface area (Å²) >= 11 is 6.13. The molecular formula is C21H22ClN7O. The van der Waals surface area contributed by atoms with Gasteiger partial charge >= 0.3 is 6.03 Å². The molecule has 2 N–H and O–H groups in total. The molecule has 2 aromatic heterocycles. The summed E-state index contributed by atoms with van der Waals surface area (Å²) in [6, 6.07) is 12.9. The second kappa shape index (κ2) is 8.96. The van der Waals surface area contributed by atoms with Gasteiger partial charge < -0.3 is 20.4 Å². The lowest BCUT2D eigenvalue weighted by Gasteiger charge is -2.35. The zero-order chi connectivity index (χ0) is 20.9. The fourth-order valence-electron chi connectivity index (χ4n) is 3.22. The fraction of sp³-hybridized carbons (Fsp3) is 0.238. The number of hydrogen-bond donors (Lipinski definition) is 2. The molecule has 1 aromatic carbocycles. The molecule has 1 aliphatic rings. The molecule has 9 heteroatoms. The highest BCUT2D eigenvalue weighted by Crippen LogP contribution is 2.23. The number of aromatic nitrogens is 3. The normalized spacial score (nSPS) is 13.8. The van der Waals surface area contributed by atoms with Gasteiger partial charge in [0, 0.05) is 43.1 Å². The van der Waals surface area contributed by atoms with Crippen molar-refractivity contribution in [1.29, 1.82) is 0 Å². The zero-order valence-corrected chi connectivity index (χ0v) is 17.3. The summed E-state index contributed by atoms with van der Waals surface area (Å²) in [4.78, 5) is 20.6. The van der Waals surface area contributed by atoms with E-state index >= 15 is 0 Å². The first-order chi connectivity index (χ1) is 14.6. The number of anilines is 4. The highest BCUT2D eigenvalue weighted by molar-refractivity contribution is 6.31. The van der Waals surface area contributed by atoms with Gasteiger partial charge in [0.25, 0.3) is 0 Å². The van der Waals surface area contributed by atoms with Crippen LogP contribution in [0.4, 0.5) is 27.8 Å². The van der Waals surface area contributed by atoms with Gasteiger partial charge in [-0.2, -0.15) is 0 Å². The third-order valence-corrected chi connectivity index (χ3v) is 5.39. The largest absolute Gasteiger partial charge is 0.352 e. The van der Waals surface area contributed by atoms with Crippen molar-refractivity contribution >= 4 is 40.6 Å². The molecule has 0 bridgehead atoms. The van der Waals surface area contributed by atoms with Crippen LogP contribution in [0.15, 0.2) is 54.9 Å². The number of nitrogens with zero attached hydrogens (tertiary/aromatic N) is 5. The maximum absolute atomic E-state index is 12.6. The number of nitrogens with one attached hydrogen (secondary N) is 2. The molecule has 2 amide bonds. The molecule has 1 fully saturated rings. The molecule has 8 nitrogen and oxygen atoms in total. The first-order valence-electron chi connectivity index (χ1n) is 9.67. The van der Waals surface area contributed by atoms with Gasteiger partial charge in [-0.15, -0.1) is 10.2 Å². The van der Waals surface area contributed by atoms with Crippen molar-refractivity contribution < 1.29 is 4.79 Å². The molecule has 1 aliphatic heterocycles. The first kappa shape index (κ1) is 19.9. The van der Waals surface area contributed by atoms with E-state index in [1.165, 1.54) is 0 Å². The number of rotatable bonds is 4. The smallest absolute Gasteiger partial charge is 0.321 e. The monoisotopic (exact) mass is 423 g/mol. The molecule has 0 unspecified atom stereocenters. The van der Waals surface area contributed by atoms with Gasteiger partial charge in [0.05, 0.1) is 11.9 Å². The Bertz CT molecular complexity index is 1010. The van der Waals surface area contributed by atoms with Crippen LogP contribution in [0.25, 0.3) is 0 Å². The number of carbonyl (C=O) groups is 1. The molecule has 0 radical (unpaired) electrons. The number of carbonyl (C=O) groups excluding carboxylic acids is 1. The number of pyridine rings is 1. The third-order valence-electron chi connectivity index (χ3n) is 4.98. The number of piperazine rings is 1. The van der Waals surface area contributed by atoms with E-state index < -0.39 is 0 Å². The van der Waals surface area contributed by atoms with E-state index in [4.69, 9.17) is 11.6 Å². The van der Waals surface area contributed by atoms with Crippen LogP contribution in [-0.4, -0.2) is 52.3 Å². The highest BCUT2D eigenvalue weighted by atomic mass is 35.5. The van der Waals surface area contributed by atoms with Gasteiger partial charge in [-0.1, -0.05) is 17.7 Å². The van der Waals surface area contributed by atoms with Crippen LogP contribution < -0.4 is 15.5 Å². The summed E-state index contributed by atoms with van der Waals surface area (Å²) in [7, 11) is 0. The summed E-state index contributed by atoms with van der Waals surface area (Å²) in [5.74, 6) is 1.44. The summed E-state index contributed by atoms with van der Waals surface area (Å²) in [6.45, 7) is 4.46. The van der Waals surface area contributed by atoms with Crippen molar-refractivity contribution in [2.45, 2.75) is 6.92 Å². The number of urea groups is 1. The summed E-state index contributed by atoms with van der Waals surface area (Å²) in [6.07, 6.45) is 3.45. The van der Waals surface area contributed by atoms with Crippen LogP contribution in [0, 0.1) is 6.92 Å². The van der Waals surface area contributed by atoms with Crippen LogP contribution in [0.5, 0.6) is 0 Å². The predicted octanol–water partition coefficient (Wildman–Crippen LogP) is 3.93. The predicted molar refractivity (Wildman–Crippen MR) is 119 cm³/mol. The third kappa shape index (κ3) is 4.60. The van der Waals surface area contributed by atoms with Crippen molar-refractivity contribution in [1.82, 2.24) is 20.1 Å². The average molecular weight is 424 g/mol. The van der Waals surface area contributed by atoms with Crippen molar-refractivity contribution in [3.05, 3.63) is 65.4 Å². The SMILES string of the molecule is Cc1c(Cl)cccc1NC(=O)N1CCN(c2ccc(Nc3cccnc3)nn2)CC1. The lowest BCUT2D eigenvalue weighted by Crippen LogP contribution is -2.50. The van der Waals surface area contributed by atoms with Crippen LogP contribution in [0.2, 0.25) is 5.02 Å². The van der Waals surface area contributed by atoms with E-state index in [0.29, 0.717) is 37.0 Å². The van der Waals surface area contributed by atoms with E-state index in [-0.39, 0.29) is 6.03 Å². The van der Waals surface area contributed by atoms with E-state index in [1.54, 1.807) is 17.3 Å². The molecule has 30 heavy (non-hydrogen) atoms. The number of amides is 2. The van der Waals surface area contributed by atoms with Crippen molar-refractivity contribution in [3.8, 4) is 0 Å². The average Bonchev–Trinajstić information content (AvgIpc) is 2.78. The molecule has 0 saturated carbocycles. The lowest BCUT2D eigenvalue weighted by molar-refractivity contribution is 0.208. The Kier molecular flexibility index (Phi) is 5.94. The summed E-state index contributed by atoms with van der Waals surface area (Å²) < 4.78 is 0. The van der Waals surface area contributed by atoms with Crippen molar-refractivity contribution in [3.63, 3.8) is 0 Å². The molecule has 0 aliphatic carbocycles. The van der Waals surface area contributed by atoms with Gasteiger partial charge in [0.2, 0.25) is 0 Å². The van der Waals surface area contributed by atoms with Crippen LogP contribution in [0.3, 0.4) is 0 Å². The Morgan fingerprint density at radius 2 is 1.87 bits per heavy atom. The van der Waals surface area contributed by atoms with Gasteiger partial charge in [-0.25, -0.2) is 4.79 Å². The standard InChI is InChI=1S/C21H22ClN7O/c1-15-17(22)5-2-6-18(15)25-21(30)29-12-10-28(11-13-29)20-8-7-19(26-27-20)24-16-4-3-9-23-14-16/h2-9,14H,10-13H2,1H3,(H,24,26)(H,25,30). The van der Waals surface area contributed by atoms with Crippen LogP contribution in [0.1, 0.15) is 5.56 Å². The summed E-state index contributed by atoms with van der Waals surface area (Å²) in [5, 5.41) is 15.3. The number of benzene rings is 1. The van der Waals surface area contributed by atoms with Gasteiger partial charge in [0.1, 0.15) is 0 Å². The Labute approximate surface area is 179 Å². The van der Waals surface area contributed by atoms with Gasteiger partial charge in [-0.05, 0) is 48.9 Å². The Balaban J connectivity index is 1.32. The molecule has 154 valence electrons. The van der Waals surface area contributed by atoms with E-state index in [9.17, 15) is 4.79 Å². The molecule has 3 aromatic rings. The van der Waals surface area contributed by atoms with Crippen molar-refractivity contribution in [2.75, 3.05) is 41.7 Å². The molecule has 1 saturated heterocycles. The Hall–Kier alpha value is -3.39. The van der Waals surface area contributed by atoms with Gasteiger partial charge in [0.15, 0.2) is 11.6 Å². The molecular weight excluding hydrogens is 402 g/mol. The fourth-order valence-corrected chi connectivity index (χ4v) is 3.40. The molecule has 3 heterocycles. The second-order valence-corrected chi connectivity index (χ2v) is 7.37. The molecule has 0 spiro atoms. The number of hydrogen-bond acceptors (Lipinski definition) is 6. The molecule has 0 atom stereocenters. The maximum Gasteiger partial charge on any atom is 0.321 e. The molecule has 4 rings (SSSR count). The van der Waals surface area contributed by atoms with Crippen LogP contribution >= 0.6 is 11.6 Å². The highest BCUT2D eigenvalue weighted by Gasteiger charge is 2.22. The topological polar surface area (TPSA) is 86.3 Å². The first-order valence-corrected chi connectivity index (χ1v) is 10.0. The minimum Gasteiger partial charge on any atom is -0.352 e. The summed E-state index contributed by atoms with van der Waals surface area (Å²) in [5.41, 5.74) is 2.45. The maximum atomic E-state index is 12.6. The van der Waals surface area contributed by atoms with E-state index in [2.05, 4.69) is 30.7 Å². The van der Waals surface area contributed by atoms with Gasteiger partial charge in [-0.3, -0.25) is 4.98 Å². The van der Waals surface area contributed by atoms with Crippen molar-refractivity contribution in [2.24, 2.45) is 0 Å². The Morgan fingerprint density at radius 3 is 2.57 bits per heavy atom. The van der Waals surface area contributed by atoms with E-state index in [1.807, 2.05) is 49.4 Å². The second-order valence-electron chi connectivity index (χ2n) is 6.96. The Morgan fingerprint density at radius 1 is 1.03 bits per heavy atom. The minimum atomic E-state index is -0.123. The van der Waals surface area contributed by atoms with E-state index in [0.717, 1.165) is 22.8 Å². The number of halogens is 1. The lowest BCUT2D eigenvalue weighted by atomic mass is 10.2. The minimum absolute atomic E-state index is 0.123. The van der Waals surface area contributed by atoms with Crippen LogP contribution in [-0.2, 0) is 0 Å². The zero-order valence-electron chi connectivity index (χ0n) is 16.5. The quantitative estimate of drug-likeness (QED) is 0.661.